The molecule has 1 aromatic rings. The second-order valence-corrected chi connectivity index (χ2v) is 15.4. The van der Waals surface area contributed by atoms with Gasteiger partial charge in [0.25, 0.3) is 5.69 Å². The normalized spacial score (nSPS) is 41.2. The number of esters is 1. The summed E-state index contributed by atoms with van der Waals surface area (Å²) in [5, 5.41) is 24.0. The van der Waals surface area contributed by atoms with E-state index in [1.54, 1.807) is 13.0 Å². The zero-order valence-corrected chi connectivity index (χ0v) is 28.2. The van der Waals surface area contributed by atoms with Gasteiger partial charge in [0.2, 0.25) is 0 Å². The molecule has 2 heterocycles. The smallest absolute Gasteiger partial charge is 0.458 e. The Hall–Kier alpha value is -3.61. The van der Waals surface area contributed by atoms with E-state index < -0.39 is 46.6 Å². The Labute approximate surface area is 285 Å². The third kappa shape index (κ3) is 5.79. The van der Waals surface area contributed by atoms with Gasteiger partial charge in [0.1, 0.15) is 25.4 Å². The van der Waals surface area contributed by atoms with Crippen LogP contribution in [0.4, 0.5) is 10.5 Å². The fraction of sp³-hybridized carbons (Fsp3) is 0.649. The molecular weight excluding hydrogens is 634 g/mol. The zero-order valence-electron chi connectivity index (χ0n) is 28.2. The zero-order chi connectivity index (χ0) is 34.7. The van der Waals surface area contributed by atoms with Crippen LogP contribution in [-0.4, -0.2) is 64.7 Å². The minimum atomic E-state index is -1.15. The van der Waals surface area contributed by atoms with Gasteiger partial charge in [0, 0.05) is 23.6 Å². The Kier molecular flexibility index (Phi) is 8.72. The molecule has 7 rings (SSSR count). The highest BCUT2D eigenvalue weighted by Gasteiger charge is 2.72. The maximum absolute atomic E-state index is 13.4. The van der Waals surface area contributed by atoms with Crippen molar-refractivity contribution in [2.75, 3.05) is 6.61 Å². The van der Waals surface area contributed by atoms with E-state index in [-0.39, 0.29) is 54.0 Å². The summed E-state index contributed by atoms with van der Waals surface area (Å²) in [5.41, 5.74) is -0.834. The number of ketones is 1. The first-order valence-corrected chi connectivity index (χ1v) is 17.5. The van der Waals surface area contributed by atoms with E-state index in [0.29, 0.717) is 30.7 Å². The van der Waals surface area contributed by atoms with Gasteiger partial charge in [0.05, 0.1) is 16.6 Å². The molecule has 1 N–H and O–H groups in total. The van der Waals surface area contributed by atoms with Crippen LogP contribution in [-0.2, 0) is 39.9 Å². The number of hydrogen-bond acceptors (Lipinski definition) is 11. The number of cyclic esters (lactones) is 1. The molecule has 12 nitrogen and oxygen atoms in total. The van der Waals surface area contributed by atoms with Crippen molar-refractivity contribution < 1.29 is 48.1 Å². The van der Waals surface area contributed by atoms with Gasteiger partial charge in [-0.2, -0.15) is 0 Å². The number of nitrogens with zero attached hydrogens (tertiary/aromatic N) is 1. The number of carbonyl (C=O) groups excluding carboxylic acids is 3. The summed E-state index contributed by atoms with van der Waals surface area (Å²) in [6.07, 6.45) is 8.05. The molecule has 4 aliphatic carbocycles. The molecule has 49 heavy (non-hydrogen) atoms. The van der Waals surface area contributed by atoms with Crippen LogP contribution in [0.3, 0.4) is 0 Å². The molecule has 1 aromatic carbocycles. The minimum Gasteiger partial charge on any atom is -0.458 e. The largest absolute Gasteiger partial charge is 0.508 e. The summed E-state index contributed by atoms with van der Waals surface area (Å²) in [4.78, 5) is 48.0. The number of nitro benzene ring substituents is 1. The number of nitro groups is 1. The number of ether oxygens (including phenoxy) is 5. The lowest BCUT2D eigenvalue weighted by atomic mass is 9.42. The maximum atomic E-state index is 13.4. The van der Waals surface area contributed by atoms with Crippen molar-refractivity contribution in [2.24, 2.45) is 34.5 Å². The number of hydrogen-bond donors (Lipinski definition) is 1. The summed E-state index contributed by atoms with van der Waals surface area (Å²) < 4.78 is 29.2. The van der Waals surface area contributed by atoms with E-state index in [2.05, 4.69) is 6.92 Å². The summed E-state index contributed by atoms with van der Waals surface area (Å²) in [7, 11) is 0. The van der Waals surface area contributed by atoms with Crippen molar-refractivity contribution in [1.82, 2.24) is 0 Å². The first kappa shape index (κ1) is 33.9. The van der Waals surface area contributed by atoms with Crippen LogP contribution >= 0.6 is 0 Å². The van der Waals surface area contributed by atoms with Crippen LogP contribution in [0, 0.1) is 44.6 Å². The van der Waals surface area contributed by atoms with Crippen LogP contribution in [0.2, 0.25) is 0 Å². The molecule has 0 unspecified atom stereocenters. The van der Waals surface area contributed by atoms with Gasteiger partial charge in [0.15, 0.2) is 12.1 Å². The molecule has 0 aromatic heterocycles. The van der Waals surface area contributed by atoms with Crippen LogP contribution in [0.15, 0.2) is 48.1 Å². The monoisotopic (exact) mass is 679 g/mol. The van der Waals surface area contributed by atoms with Crippen LogP contribution in [0.1, 0.15) is 77.7 Å². The van der Waals surface area contributed by atoms with Crippen molar-refractivity contribution in [3.63, 3.8) is 0 Å². The third-order valence-electron chi connectivity index (χ3n) is 13.2. The highest BCUT2D eigenvalue weighted by Crippen LogP contribution is 2.70. The highest BCUT2D eigenvalue weighted by atomic mass is 16.7. The Morgan fingerprint density at radius 2 is 1.84 bits per heavy atom. The van der Waals surface area contributed by atoms with Crippen LogP contribution in [0.25, 0.3) is 0 Å². The van der Waals surface area contributed by atoms with Crippen molar-refractivity contribution in [3.05, 3.63) is 63.7 Å². The van der Waals surface area contributed by atoms with E-state index in [1.165, 1.54) is 36.4 Å². The molecule has 4 fully saturated rings. The Morgan fingerprint density at radius 3 is 2.53 bits per heavy atom. The van der Waals surface area contributed by atoms with E-state index in [4.69, 9.17) is 23.7 Å². The number of fused-ring (bicyclic) bond motifs is 5. The van der Waals surface area contributed by atoms with E-state index in [1.807, 2.05) is 6.92 Å². The quantitative estimate of drug-likeness (QED) is 0.213. The minimum absolute atomic E-state index is 0.0210. The van der Waals surface area contributed by atoms with E-state index >= 15 is 0 Å². The molecule has 0 amide bonds. The lowest BCUT2D eigenvalue weighted by Crippen LogP contribution is -2.67. The Balaban J connectivity index is 1.12. The molecule has 264 valence electrons. The summed E-state index contributed by atoms with van der Waals surface area (Å²) in [6.45, 7) is 6.09. The van der Waals surface area contributed by atoms with Gasteiger partial charge < -0.3 is 28.8 Å². The molecule has 12 heteroatoms. The predicted molar refractivity (Wildman–Crippen MR) is 173 cm³/mol. The summed E-state index contributed by atoms with van der Waals surface area (Å²) >= 11 is 0. The van der Waals surface area contributed by atoms with E-state index in [0.717, 1.165) is 37.7 Å². The second kappa shape index (κ2) is 12.6. The van der Waals surface area contributed by atoms with Gasteiger partial charge in [-0.15, -0.1) is 0 Å². The van der Waals surface area contributed by atoms with E-state index in [9.17, 15) is 29.6 Å². The van der Waals surface area contributed by atoms with Gasteiger partial charge in [-0.05, 0) is 123 Å². The molecule has 0 radical (unpaired) electrons. The topological polar surface area (TPSA) is 161 Å². The number of benzene rings is 1. The number of rotatable bonds is 7. The van der Waals surface area contributed by atoms with Crippen molar-refractivity contribution in [1.29, 1.82) is 0 Å². The number of aliphatic hydroxyl groups is 1. The lowest BCUT2D eigenvalue weighted by Gasteiger charge is -2.65. The molecule has 4 saturated carbocycles. The highest BCUT2D eigenvalue weighted by molar-refractivity contribution is 5.93. The third-order valence-corrected chi connectivity index (χ3v) is 13.2. The van der Waals surface area contributed by atoms with Gasteiger partial charge in [-0.25, -0.2) is 9.59 Å². The van der Waals surface area contributed by atoms with Gasteiger partial charge in [-0.1, -0.05) is 13.8 Å². The SMILES string of the molecule is C[C@@H]1O[C@@H](O[C@H]2CC[C@@]3(C)[C@H](CC[C@@H]4[C@@H]3C[C@@H](OC(=O)OCc3ccc([N+](=O)[O-])cc3)[C@]3(C)[C@@H](C5=CC(=O)OC5)CC[C@]43O)C2)C=CC1=O. The summed E-state index contributed by atoms with van der Waals surface area (Å²) in [6, 6.07) is 5.78. The fourth-order valence-corrected chi connectivity index (χ4v) is 10.5. The van der Waals surface area contributed by atoms with Crippen LogP contribution < -0.4 is 0 Å². The van der Waals surface area contributed by atoms with Gasteiger partial charge >= 0.3 is 12.1 Å². The molecule has 0 bridgehead atoms. The van der Waals surface area contributed by atoms with Crippen molar-refractivity contribution >= 4 is 23.6 Å². The average Bonchev–Trinajstić information content (AvgIpc) is 3.62. The second-order valence-electron chi connectivity index (χ2n) is 15.4. The summed E-state index contributed by atoms with van der Waals surface area (Å²) in [5.74, 6) is -0.318. The molecular formula is C37H45NO11. The molecule has 0 spiro atoms. The predicted octanol–water partition coefficient (Wildman–Crippen LogP) is 5.74. The number of non-ortho nitro benzene ring substituents is 1. The first-order chi connectivity index (χ1) is 23.3. The standard InChI is InChI=1S/C37H45NO11/c1-21-30(39)10-11-33(47-21)48-26-12-14-35(2)24(17-26)6-9-28-29(35)18-31(49-34(41)46-19-22-4-7-25(8-5-22)38(43)44)36(3)27(13-15-37(28,36)42)23-16-32(40)45-20-23/h4-5,7-8,10-11,16,21,24,26-29,31,33,42H,6,9,12-15,17-20H2,1-3H3/t21-,24+,26-,27+,28+,29-,31+,33-,35-,36-,37-/m0/s1. The van der Waals surface area contributed by atoms with Crippen molar-refractivity contribution in [2.45, 2.75) is 109 Å². The first-order valence-electron chi connectivity index (χ1n) is 17.5. The lowest BCUT2D eigenvalue weighted by molar-refractivity contribution is -0.384. The van der Waals surface area contributed by atoms with Crippen LogP contribution in [0.5, 0.6) is 0 Å². The Morgan fingerprint density at radius 1 is 1.06 bits per heavy atom. The number of carbonyl (C=O) groups is 3. The molecule has 0 saturated heterocycles. The Bertz CT molecular complexity index is 1570. The molecule has 11 atom stereocenters. The van der Waals surface area contributed by atoms with Gasteiger partial charge in [-0.3, -0.25) is 14.9 Å². The molecule has 6 aliphatic rings. The van der Waals surface area contributed by atoms with Crippen molar-refractivity contribution in [3.8, 4) is 0 Å². The fourth-order valence-electron chi connectivity index (χ4n) is 10.5. The molecule has 2 aliphatic heterocycles. The average molecular weight is 680 g/mol. The maximum Gasteiger partial charge on any atom is 0.508 e.